The summed E-state index contributed by atoms with van der Waals surface area (Å²) in [4.78, 5) is 26.0. The molecule has 1 saturated carbocycles. The molecule has 2 heterocycles. The highest BCUT2D eigenvalue weighted by Gasteiger charge is 2.72. The first-order chi connectivity index (χ1) is 31.0. The monoisotopic (exact) mass is 943 g/mol. The maximum absolute atomic E-state index is 13.0. The first-order valence-electron chi connectivity index (χ1n) is 26.2. The maximum atomic E-state index is 13.0. The Kier molecular flexibility index (Phi) is 27.6. The molecular weight excluding hydrogens is 846 g/mol. The SMILES string of the molecule is CCCCCCCCCCCCCCCCCOCC(COP(C)(=O)OCC[N+](C)(C)C)OC(=O)CCCCCCCCC(=O)OC1CC[C@]2(CO2)[C@@H]([C@@]2(C)OC2CC=C(C)C)[C@@H]1OC. The van der Waals surface area contributed by atoms with E-state index in [0.29, 0.717) is 50.1 Å². The Labute approximate surface area is 396 Å². The van der Waals surface area contributed by atoms with Crippen LogP contribution in [0, 0.1) is 5.92 Å². The van der Waals surface area contributed by atoms with E-state index in [1.165, 1.54) is 95.7 Å². The molecular formula is C52H97NO11P+. The van der Waals surface area contributed by atoms with Crippen LogP contribution in [0.3, 0.4) is 0 Å². The van der Waals surface area contributed by atoms with Crippen molar-refractivity contribution in [2.24, 2.45) is 5.92 Å². The predicted molar refractivity (Wildman–Crippen MR) is 260 cm³/mol. The van der Waals surface area contributed by atoms with Gasteiger partial charge in [-0.05, 0) is 59.3 Å². The maximum Gasteiger partial charge on any atom is 0.327 e. The van der Waals surface area contributed by atoms with Crippen LogP contribution in [0.4, 0.5) is 0 Å². The van der Waals surface area contributed by atoms with Gasteiger partial charge in [0, 0.05) is 33.2 Å². The average molecular weight is 943 g/mol. The number of rotatable bonds is 40. The van der Waals surface area contributed by atoms with Crippen molar-refractivity contribution in [3.05, 3.63) is 11.6 Å². The van der Waals surface area contributed by atoms with Crippen LogP contribution in [0.25, 0.3) is 0 Å². The molecule has 3 rings (SSSR count). The molecule has 4 unspecified atom stereocenters. The van der Waals surface area contributed by atoms with Gasteiger partial charge in [-0.25, -0.2) is 0 Å². The smallest absolute Gasteiger partial charge is 0.327 e. The van der Waals surface area contributed by atoms with Crippen LogP contribution in [0.1, 0.15) is 195 Å². The Morgan fingerprint density at radius 2 is 1.31 bits per heavy atom. The van der Waals surface area contributed by atoms with E-state index in [9.17, 15) is 14.2 Å². The van der Waals surface area contributed by atoms with Crippen LogP contribution >= 0.6 is 7.60 Å². The lowest BCUT2D eigenvalue weighted by molar-refractivity contribution is -0.870. The average Bonchev–Trinajstić information content (AvgIpc) is 4.17. The van der Waals surface area contributed by atoms with Gasteiger partial charge in [-0.2, -0.15) is 0 Å². The minimum atomic E-state index is -3.33. The molecule has 0 bridgehead atoms. The van der Waals surface area contributed by atoms with Crippen molar-refractivity contribution in [1.29, 1.82) is 0 Å². The fourth-order valence-electron chi connectivity index (χ4n) is 9.43. The summed E-state index contributed by atoms with van der Waals surface area (Å²) in [6.07, 6.45) is 29.0. The number of nitrogens with zero attached hydrogens (tertiary/aromatic N) is 1. The number of likely N-dealkylation sites (N-methyl/N-ethyl adjacent to an activating group) is 1. The topological polar surface area (TPSA) is 132 Å². The van der Waals surface area contributed by atoms with E-state index in [-0.39, 0.29) is 60.6 Å². The Hall–Kier alpha value is -1.37. The quantitative estimate of drug-likeness (QED) is 0.0145. The van der Waals surface area contributed by atoms with Gasteiger partial charge in [0.2, 0.25) is 0 Å². The van der Waals surface area contributed by atoms with E-state index in [4.69, 9.17) is 37.5 Å². The fraction of sp³-hybridized carbons (Fsp3) is 0.923. The lowest BCUT2D eigenvalue weighted by atomic mass is 9.68. The highest BCUT2D eigenvalue weighted by molar-refractivity contribution is 7.52. The number of esters is 2. The third kappa shape index (κ3) is 24.2. The van der Waals surface area contributed by atoms with Crippen molar-refractivity contribution in [2.45, 2.75) is 230 Å². The first-order valence-corrected chi connectivity index (χ1v) is 28.1. The third-order valence-electron chi connectivity index (χ3n) is 13.6. The highest BCUT2D eigenvalue weighted by Crippen LogP contribution is 2.59. The van der Waals surface area contributed by atoms with Crippen LogP contribution in [-0.2, 0) is 51.6 Å². The van der Waals surface area contributed by atoms with Gasteiger partial charge in [0.25, 0.3) is 0 Å². The van der Waals surface area contributed by atoms with E-state index in [1.54, 1.807) is 7.11 Å². The molecule has 12 nitrogen and oxygen atoms in total. The summed E-state index contributed by atoms with van der Waals surface area (Å²) in [7, 11) is 4.51. The fourth-order valence-corrected chi connectivity index (χ4v) is 10.4. The summed E-state index contributed by atoms with van der Waals surface area (Å²) in [5, 5.41) is 0. The number of methoxy groups -OCH3 is 1. The minimum absolute atomic E-state index is 0.0119. The van der Waals surface area contributed by atoms with E-state index < -0.39 is 13.7 Å². The van der Waals surface area contributed by atoms with Gasteiger partial charge >= 0.3 is 19.5 Å². The Morgan fingerprint density at radius 3 is 1.83 bits per heavy atom. The van der Waals surface area contributed by atoms with Crippen molar-refractivity contribution in [3.8, 4) is 0 Å². The van der Waals surface area contributed by atoms with Crippen molar-refractivity contribution in [3.63, 3.8) is 0 Å². The second-order valence-electron chi connectivity index (χ2n) is 21.1. The number of unbranched alkanes of at least 4 members (excludes halogenated alkanes) is 19. The van der Waals surface area contributed by atoms with Gasteiger partial charge < -0.3 is 42.0 Å². The zero-order valence-corrected chi connectivity index (χ0v) is 43.9. The number of carbonyl (C=O) groups is 2. The van der Waals surface area contributed by atoms with Gasteiger partial charge in [-0.1, -0.05) is 134 Å². The predicted octanol–water partition coefficient (Wildman–Crippen LogP) is 12.1. The summed E-state index contributed by atoms with van der Waals surface area (Å²) in [6, 6.07) is 0. The molecule has 1 spiro atoms. The van der Waals surface area contributed by atoms with Crippen LogP contribution in [0.5, 0.6) is 0 Å². The van der Waals surface area contributed by atoms with E-state index in [1.807, 2.05) is 21.1 Å². The molecule has 0 aromatic carbocycles. The molecule has 2 saturated heterocycles. The number of ether oxygens (including phenoxy) is 6. The number of allylic oxidation sites excluding steroid dienone is 1. The molecule has 380 valence electrons. The molecule has 0 amide bonds. The number of quaternary nitrogens is 1. The van der Waals surface area contributed by atoms with Crippen LogP contribution < -0.4 is 0 Å². The molecule has 65 heavy (non-hydrogen) atoms. The number of hydrogen-bond acceptors (Lipinski definition) is 11. The van der Waals surface area contributed by atoms with Crippen LogP contribution in [0.2, 0.25) is 0 Å². The molecule has 0 aromatic rings. The molecule has 0 aromatic heterocycles. The zero-order valence-electron chi connectivity index (χ0n) is 43.0. The van der Waals surface area contributed by atoms with Gasteiger partial charge in [0.15, 0.2) is 0 Å². The van der Waals surface area contributed by atoms with Crippen molar-refractivity contribution in [1.82, 2.24) is 0 Å². The lowest BCUT2D eigenvalue weighted by Crippen LogP contribution is -2.55. The second kappa shape index (κ2) is 31.0. The largest absolute Gasteiger partial charge is 0.460 e. The molecule has 8 atom stereocenters. The summed E-state index contributed by atoms with van der Waals surface area (Å²) in [6.45, 7) is 12.5. The number of hydrogen-bond donors (Lipinski definition) is 0. The zero-order chi connectivity index (χ0) is 47.6. The molecule has 3 fully saturated rings. The summed E-state index contributed by atoms with van der Waals surface area (Å²) in [5.41, 5.74) is 0.671. The molecule has 0 N–H and O–H groups in total. The lowest BCUT2D eigenvalue weighted by Gasteiger charge is -2.42. The third-order valence-corrected chi connectivity index (χ3v) is 14.9. The van der Waals surface area contributed by atoms with Crippen molar-refractivity contribution in [2.75, 3.05) is 74.5 Å². The standard InChI is InChI=1S/C52H97NO11P/c1-10-11-12-13-14-15-16-17-18-19-20-21-24-27-30-38-58-40-44(41-61-65(9,56)60-39-37-53(5,6)7)62-47(54)31-28-25-22-23-26-29-32-48(55)63-45-35-36-52(42-59-52)50(49(45)57-8)51(4)46(64-51)34-33-43(2)3/h33,44-46,49-50H,10-32,34-42H2,1-9H3/q+1/t44?,45?,46?,49-,50-,51+,52+,65?/m1/s1. The summed E-state index contributed by atoms with van der Waals surface area (Å²) >= 11 is 0. The summed E-state index contributed by atoms with van der Waals surface area (Å²) < 4.78 is 61.3. The summed E-state index contributed by atoms with van der Waals surface area (Å²) in [5.74, 6) is -0.475. The molecule has 13 heteroatoms. The van der Waals surface area contributed by atoms with Gasteiger partial charge in [0.1, 0.15) is 42.7 Å². The minimum Gasteiger partial charge on any atom is -0.460 e. The molecule has 0 radical (unpaired) electrons. The van der Waals surface area contributed by atoms with E-state index in [0.717, 1.165) is 64.2 Å². The number of carbonyl (C=O) groups excluding carboxylic acids is 2. The molecule has 1 aliphatic carbocycles. The Bertz CT molecular complexity index is 1390. The van der Waals surface area contributed by atoms with Gasteiger partial charge in [-0.15, -0.1) is 0 Å². The second-order valence-corrected chi connectivity index (χ2v) is 23.1. The van der Waals surface area contributed by atoms with Gasteiger partial charge in [0.05, 0.1) is 53.0 Å². The highest BCUT2D eigenvalue weighted by atomic mass is 31.2. The van der Waals surface area contributed by atoms with E-state index >= 15 is 0 Å². The Balaban J connectivity index is 1.28. The molecule has 2 aliphatic heterocycles. The normalized spacial score (nSPS) is 25.2. The Morgan fingerprint density at radius 1 is 0.769 bits per heavy atom. The van der Waals surface area contributed by atoms with Crippen LogP contribution in [0.15, 0.2) is 11.6 Å². The molecule has 3 aliphatic rings. The van der Waals surface area contributed by atoms with Crippen LogP contribution in [-0.4, -0.2) is 127 Å². The van der Waals surface area contributed by atoms with E-state index in [2.05, 4.69) is 33.8 Å². The number of epoxide rings is 2. The van der Waals surface area contributed by atoms with Gasteiger partial charge in [-0.3, -0.25) is 14.2 Å². The van der Waals surface area contributed by atoms with Crippen molar-refractivity contribution < 1.29 is 56.1 Å². The first kappa shape index (κ1) is 57.9. The van der Waals surface area contributed by atoms with Crippen molar-refractivity contribution >= 4 is 19.5 Å².